The molecule has 0 aliphatic rings. The van der Waals surface area contributed by atoms with Gasteiger partial charge in [0.05, 0.1) is 10.4 Å². The monoisotopic (exact) mass is 526 g/mol. The van der Waals surface area contributed by atoms with Crippen LogP contribution in [0.5, 0.6) is 0 Å². The normalized spacial score (nSPS) is 11.5. The van der Waals surface area contributed by atoms with E-state index in [-0.39, 0.29) is 17.3 Å². The van der Waals surface area contributed by atoms with Crippen molar-refractivity contribution in [2.24, 2.45) is 0 Å². The molecule has 4 rings (SSSR count). The van der Waals surface area contributed by atoms with Crippen LogP contribution in [0.15, 0.2) is 70.8 Å². The molecule has 0 N–H and O–H groups in total. The van der Waals surface area contributed by atoms with E-state index in [1.165, 1.54) is 35.4 Å². The number of nitrogens with zero attached hydrogens (tertiary/aromatic N) is 4. The molecule has 0 aliphatic heterocycles. The maximum atomic E-state index is 13.9. The van der Waals surface area contributed by atoms with Crippen LogP contribution in [0, 0.1) is 21.7 Å². The average Bonchev–Trinajstić information content (AvgIpc) is 3.13. The highest BCUT2D eigenvalue weighted by atomic mass is 32.2. The summed E-state index contributed by atoms with van der Waals surface area (Å²) in [6.07, 6.45) is 2.67. The van der Waals surface area contributed by atoms with Crippen LogP contribution < -0.4 is 4.90 Å². The van der Waals surface area contributed by atoms with Crippen molar-refractivity contribution in [3.63, 3.8) is 0 Å². The molecule has 0 atom stereocenters. The number of hydrogen-bond acceptors (Lipinski definition) is 6. The molecular formula is C26H24F2N4O4S. The lowest BCUT2D eigenvalue weighted by molar-refractivity contribution is -0.388. The Kier molecular flexibility index (Phi) is 7.17. The van der Waals surface area contributed by atoms with Gasteiger partial charge in [0.25, 0.3) is 0 Å². The Bertz CT molecular complexity index is 1480. The van der Waals surface area contributed by atoms with Crippen molar-refractivity contribution >= 4 is 40.1 Å². The first-order valence-electron chi connectivity index (χ1n) is 11.2. The highest BCUT2D eigenvalue weighted by molar-refractivity contribution is 7.99. The highest BCUT2D eigenvalue weighted by Gasteiger charge is 2.23. The molecule has 0 bridgehead atoms. The van der Waals surface area contributed by atoms with Crippen LogP contribution in [-0.4, -0.2) is 33.2 Å². The molecule has 0 saturated carbocycles. The summed E-state index contributed by atoms with van der Waals surface area (Å²) in [6, 6.07) is 11.4. The van der Waals surface area contributed by atoms with Crippen LogP contribution >= 0.6 is 11.8 Å². The molecule has 2 heterocycles. The molecule has 0 spiro atoms. The van der Waals surface area contributed by atoms with Gasteiger partial charge in [-0.3, -0.25) is 15.0 Å². The van der Waals surface area contributed by atoms with E-state index in [1.807, 2.05) is 0 Å². The fourth-order valence-corrected chi connectivity index (χ4v) is 4.74. The van der Waals surface area contributed by atoms with Crippen molar-refractivity contribution < 1.29 is 23.2 Å². The molecule has 0 fully saturated rings. The second kappa shape index (κ2) is 10.2. The number of halogens is 2. The zero-order chi connectivity index (χ0) is 26.9. The van der Waals surface area contributed by atoms with Gasteiger partial charge in [-0.05, 0) is 62.7 Å². The lowest BCUT2D eigenvalue weighted by Crippen LogP contribution is -2.34. The molecule has 2 aromatic heterocycles. The van der Waals surface area contributed by atoms with Crippen molar-refractivity contribution in [3.8, 4) is 0 Å². The van der Waals surface area contributed by atoms with Crippen LogP contribution in [0.2, 0.25) is 0 Å². The van der Waals surface area contributed by atoms with Gasteiger partial charge in [-0.25, -0.2) is 18.6 Å². The van der Waals surface area contributed by atoms with E-state index in [2.05, 4.69) is 4.98 Å². The van der Waals surface area contributed by atoms with Gasteiger partial charge in [-0.15, -0.1) is 0 Å². The van der Waals surface area contributed by atoms with E-state index in [9.17, 15) is 23.7 Å². The van der Waals surface area contributed by atoms with Crippen LogP contribution in [0.3, 0.4) is 0 Å². The number of amides is 1. The maximum absolute atomic E-state index is 13.9. The number of nitro groups is 1. The Morgan fingerprint density at radius 1 is 1.16 bits per heavy atom. The predicted octanol–water partition coefficient (Wildman–Crippen LogP) is 6.79. The van der Waals surface area contributed by atoms with Crippen molar-refractivity contribution in [1.29, 1.82) is 0 Å². The Morgan fingerprint density at radius 2 is 1.86 bits per heavy atom. The van der Waals surface area contributed by atoms with Crippen molar-refractivity contribution in [3.05, 3.63) is 88.2 Å². The molecule has 0 saturated heterocycles. The van der Waals surface area contributed by atoms with E-state index in [0.717, 1.165) is 23.2 Å². The second-order valence-corrected chi connectivity index (χ2v) is 10.4. The zero-order valence-corrected chi connectivity index (χ0v) is 21.4. The third-order valence-electron chi connectivity index (χ3n) is 5.31. The lowest BCUT2D eigenvalue weighted by Gasteiger charge is -2.24. The number of hydrogen-bond donors (Lipinski definition) is 0. The van der Waals surface area contributed by atoms with Gasteiger partial charge in [0, 0.05) is 54.1 Å². The van der Waals surface area contributed by atoms with Gasteiger partial charge in [-0.2, -0.15) is 0 Å². The fourth-order valence-electron chi connectivity index (χ4n) is 3.71. The second-order valence-electron chi connectivity index (χ2n) is 9.33. The molecule has 192 valence electrons. The van der Waals surface area contributed by atoms with Crippen molar-refractivity contribution in [1.82, 2.24) is 9.55 Å². The molecule has 2 aromatic carbocycles. The zero-order valence-electron chi connectivity index (χ0n) is 20.6. The summed E-state index contributed by atoms with van der Waals surface area (Å²) < 4.78 is 35.0. The van der Waals surface area contributed by atoms with Crippen LogP contribution in [0.1, 0.15) is 26.3 Å². The minimum Gasteiger partial charge on any atom is -0.443 e. The number of pyridine rings is 1. The number of carbonyl (C=O) groups excluding carboxylic acids is 1. The molecule has 0 unspecified atom stereocenters. The molecule has 8 nitrogen and oxygen atoms in total. The third-order valence-corrected chi connectivity index (χ3v) is 6.37. The first-order chi connectivity index (χ1) is 17.4. The first-order valence-corrected chi connectivity index (χ1v) is 12.0. The van der Waals surface area contributed by atoms with E-state index in [4.69, 9.17) is 4.74 Å². The number of fused-ring (bicyclic) bond motifs is 1. The topological polar surface area (TPSA) is 90.5 Å². The number of ether oxygens (including phenoxy) is 1. The van der Waals surface area contributed by atoms with E-state index < -0.39 is 28.3 Å². The van der Waals surface area contributed by atoms with Crippen molar-refractivity contribution in [2.45, 2.75) is 42.8 Å². The molecular weight excluding hydrogens is 502 g/mol. The van der Waals surface area contributed by atoms with Crippen LogP contribution in [0.4, 0.5) is 25.0 Å². The van der Waals surface area contributed by atoms with Gasteiger partial charge in [0.15, 0.2) is 5.03 Å². The number of benzene rings is 2. The van der Waals surface area contributed by atoms with Crippen molar-refractivity contribution in [2.75, 3.05) is 11.9 Å². The summed E-state index contributed by atoms with van der Waals surface area (Å²) in [5.74, 6) is -1.40. The standard InChI is InChI=1S/C26H24F2N4O4S/c1-26(2,3)36-25(33)30(4)19-7-8-20-22(13-19)31(14-16-10-17(27)12-18(28)11-16)15-23(20)37-24-21(32(34)35)6-5-9-29-24/h5-13,15H,14H2,1-4H3. The molecule has 37 heavy (non-hydrogen) atoms. The van der Waals surface area contributed by atoms with Gasteiger partial charge in [0.1, 0.15) is 17.2 Å². The largest absolute Gasteiger partial charge is 0.443 e. The molecule has 11 heteroatoms. The van der Waals surface area contributed by atoms with Crippen LogP contribution in [0.25, 0.3) is 10.9 Å². The number of rotatable bonds is 6. The molecule has 1 amide bonds. The quantitative estimate of drug-likeness (QED) is 0.203. The summed E-state index contributed by atoms with van der Waals surface area (Å²) in [7, 11) is 1.58. The van der Waals surface area contributed by atoms with Gasteiger partial charge < -0.3 is 9.30 Å². The Labute approximate surface area is 216 Å². The SMILES string of the molecule is CN(C(=O)OC(C)(C)C)c1ccc2c(Sc3ncccc3[N+](=O)[O-])cn(Cc3cc(F)cc(F)c3)c2c1. The minimum atomic E-state index is -0.699. The smallest absolute Gasteiger partial charge is 0.414 e. The number of aromatic nitrogens is 2. The summed E-state index contributed by atoms with van der Waals surface area (Å²) in [5.41, 5.74) is 0.756. The van der Waals surface area contributed by atoms with Gasteiger partial charge in [0.2, 0.25) is 0 Å². The lowest BCUT2D eigenvalue weighted by atomic mass is 10.2. The highest BCUT2D eigenvalue weighted by Crippen LogP contribution is 2.39. The molecule has 0 aliphatic carbocycles. The van der Waals surface area contributed by atoms with E-state index in [0.29, 0.717) is 21.7 Å². The van der Waals surface area contributed by atoms with Gasteiger partial charge >= 0.3 is 11.8 Å². The minimum absolute atomic E-state index is 0.121. The summed E-state index contributed by atoms with van der Waals surface area (Å²) in [6.45, 7) is 5.43. The Balaban J connectivity index is 1.80. The average molecular weight is 527 g/mol. The maximum Gasteiger partial charge on any atom is 0.414 e. The molecule has 0 radical (unpaired) electrons. The summed E-state index contributed by atoms with van der Waals surface area (Å²) >= 11 is 1.11. The predicted molar refractivity (Wildman–Crippen MR) is 137 cm³/mol. The van der Waals surface area contributed by atoms with E-state index in [1.54, 1.807) is 56.8 Å². The first kappa shape index (κ1) is 26.1. The van der Waals surface area contributed by atoms with Gasteiger partial charge in [-0.1, -0.05) is 11.8 Å². The van der Waals surface area contributed by atoms with Crippen LogP contribution in [-0.2, 0) is 11.3 Å². The molecule has 4 aromatic rings. The summed E-state index contributed by atoms with van der Waals surface area (Å²) in [4.78, 5) is 29.8. The Hall–Kier alpha value is -3.99. The fraction of sp³-hybridized carbons (Fsp3) is 0.231. The summed E-state index contributed by atoms with van der Waals surface area (Å²) in [5, 5.41) is 12.4. The Morgan fingerprint density at radius 3 is 2.51 bits per heavy atom. The van der Waals surface area contributed by atoms with E-state index >= 15 is 0 Å². The number of carbonyl (C=O) groups is 1. The number of anilines is 1. The third kappa shape index (κ3) is 6.05.